The molecule has 2 aromatic carbocycles. The van der Waals surface area contributed by atoms with Crippen LogP contribution in [0.4, 0.5) is 20.2 Å². The normalized spacial score (nSPS) is 16.3. The molecule has 1 aliphatic rings. The number of benzene rings is 2. The Bertz CT molecular complexity index is 1020. The second-order valence-electron chi connectivity index (χ2n) is 6.90. The Kier molecular flexibility index (Phi) is 4.59. The number of amides is 1. The molecule has 144 valence electrons. The molecule has 2 aromatic rings. The Labute approximate surface area is 155 Å². The zero-order valence-corrected chi connectivity index (χ0v) is 15.7. The number of hydrogen-bond donors (Lipinski definition) is 1. The lowest BCUT2D eigenvalue weighted by atomic mass is 9.93. The van der Waals surface area contributed by atoms with Gasteiger partial charge in [0, 0.05) is 13.1 Å². The summed E-state index contributed by atoms with van der Waals surface area (Å²) >= 11 is 0. The minimum absolute atomic E-state index is 0.0953. The molecule has 1 aliphatic heterocycles. The molecule has 27 heavy (non-hydrogen) atoms. The average Bonchev–Trinajstić information content (AvgIpc) is 2.67. The first-order valence-corrected chi connectivity index (χ1v) is 9.52. The highest BCUT2D eigenvalue weighted by Crippen LogP contribution is 2.37. The lowest BCUT2D eigenvalue weighted by Gasteiger charge is -2.24. The first-order valence-electron chi connectivity index (χ1n) is 8.04. The third kappa shape index (κ3) is 3.59. The Morgan fingerprint density at radius 1 is 1.15 bits per heavy atom. The highest BCUT2D eigenvalue weighted by molar-refractivity contribution is 7.92. The maximum atomic E-state index is 13.8. The Morgan fingerprint density at radius 2 is 1.85 bits per heavy atom. The zero-order valence-electron chi connectivity index (χ0n) is 14.9. The van der Waals surface area contributed by atoms with Gasteiger partial charge in [0.25, 0.3) is 10.0 Å². The van der Waals surface area contributed by atoms with Gasteiger partial charge in [0.15, 0.2) is 0 Å². The summed E-state index contributed by atoms with van der Waals surface area (Å²) in [5.74, 6) is -1.78. The largest absolute Gasteiger partial charge is 0.490 e. The van der Waals surface area contributed by atoms with E-state index >= 15 is 0 Å². The number of ether oxygens (including phenoxy) is 1. The molecular formula is C18H18F2N2O4S. The molecule has 0 bridgehead atoms. The van der Waals surface area contributed by atoms with Crippen LogP contribution in [-0.2, 0) is 14.8 Å². The van der Waals surface area contributed by atoms with Gasteiger partial charge in [-0.1, -0.05) is 0 Å². The molecule has 0 aliphatic carbocycles. The van der Waals surface area contributed by atoms with Crippen LogP contribution in [-0.4, -0.2) is 28.0 Å². The van der Waals surface area contributed by atoms with Crippen LogP contribution in [0.1, 0.15) is 13.8 Å². The number of rotatable bonds is 3. The van der Waals surface area contributed by atoms with Gasteiger partial charge in [-0.25, -0.2) is 17.2 Å². The fourth-order valence-corrected chi connectivity index (χ4v) is 3.89. The first-order chi connectivity index (χ1) is 12.5. The van der Waals surface area contributed by atoms with Gasteiger partial charge in [-0.2, -0.15) is 0 Å². The maximum Gasteiger partial charge on any atom is 0.264 e. The van der Waals surface area contributed by atoms with Crippen molar-refractivity contribution in [1.82, 2.24) is 0 Å². The van der Waals surface area contributed by atoms with E-state index in [1.54, 1.807) is 20.9 Å². The number of nitrogens with zero attached hydrogens (tertiary/aromatic N) is 1. The molecule has 0 spiro atoms. The van der Waals surface area contributed by atoms with Crippen molar-refractivity contribution >= 4 is 27.3 Å². The number of fused-ring (bicyclic) bond motifs is 1. The van der Waals surface area contributed by atoms with E-state index in [0.717, 1.165) is 12.1 Å². The van der Waals surface area contributed by atoms with Crippen LogP contribution in [0.2, 0.25) is 0 Å². The Hall–Kier alpha value is -2.68. The molecule has 3 rings (SSSR count). The predicted octanol–water partition coefficient (Wildman–Crippen LogP) is 3.15. The van der Waals surface area contributed by atoms with Crippen molar-refractivity contribution in [3.05, 3.63) is 48.0 Å². The van der Waals surface area contributed by atoms with Gasteiger partial charge < -0.3 is 9.64 Å². The van der Waals surface area contributed by atoms with E-state index in [4.69, 9.17) is 4.74 Å². The van der Waals surface area contributed by atoms with E-state index in [9.17, 15) is 22.0 Å². The SMILES string of the molecule is CN1C(=O)C(C)(C)COc2cc(NS(=O)(=O)c3cc(F)ccc3F)ccc21. The van der Waals surface area contributed by atoms with Crippen molar-refractivity contribution in [3.63, 3.8) is 0 Å². The topological polar surface area (TPSA) is 75.7 Å². The van der Waals surface area contributed by atoms with E-state index < -0.39 is 32.0 Å². The minimum atomic E-state index is -4.35. The number of carbonyl (C=O) groups excluding carboxylic acids is 1. The average molecular weight is 396 g/mol. The molecule has 0 saturated heterocycles. The van der Waals surface area contributed by atoms with E-state index in [0.29, 0.717) is 17.5 Å². The molecule has 9 heteroatoms. The molecule has 0 saturated carbocycles. The highest BCUT2D eigenvalue weighted by Gasteiger charge is 2.36. The van der Waals surface area contributed by atoms with Crippen LogP contribution >= 0.6 is 0 Å². The number of carbonyl (C=O) groups is 1. The van der Waals surface area contributed by atoms with Gasteiger partial charge in [0.05, 0.1) is 16.8 Å². The Morgan fingerprint density at radius 3 is 2.56 bits per heavy atom. The molecule has 1 N–H and O–H groups in total. The van der Waals surface area contributed by atoms with E-state index in [2.05, 4.69) is 4.72 Å². The summed E-state index contributed by atoms with van der Waals surface area (Å²) in [5, 5.41) is 0. The summed E-state index contributed by atoms with van der Waals surface area (Å²) in [6.07, 6.45) is 0. The molecule has 1 amide bonds. The second-order valence-corrected chi connectivity index (χ2v) is 8.55. The number of anilines is 2. The molecule has 0 fully saturated rings. The zero-order chi connectivity index (χ0) is 20.0. The third-order valence-corrected chi connectivity index (χ3v) is 5.62. The van der Waals surface area contributed by atoms with Crippen LogP contribution in [0.15, 0.2) is 41.3 Å². The van der Waals surface area contributed by atoms with Crippen molar-refractivity contribution in [2.45, 2.75) is 18.7 Å². The predicted molar refractivity (Wildman–Crippen MR) is 96.3 cm³/mol. The van der Waals surface area contributed by atoms with Crippen molar-refractivity contribution in [2.75, 3.05) is 23.3 Å². The van der Waals surface area contributed by atoms with Gasteiger partial charge >= 0.3 is 0 Å². The lowest BCUT2D eigenvalue weighted by Crippen LogP contribution is -2.39. The van der Waals surface area contributed by atoms with Gasteiger partial charge in [-0.3, -0.25) is 9.52 Å². The van der Waals surface area contributed by atoms with Crippen molar-refractivity contribution < 1.29 is 26.7 Å². The summed E-state index contributed by atoms with van der Waals surface area (Å²) in [6.45, 7) is 3.60. The summed E-state index contributed by atoms with van der Waals surface area (Å²) in [6, 6.07) is 6.52. The smallest absolute Gasteiger partial charge is 0.264 e. The lowest BCUT2D eigenvalue weighted by molar-refractivity contribution is -0.127. The molecule has 0 aromatic heterocycles. The number of nitrogens with one attached hydrogen (secondary N) is 1. The number of sulfonamides is 1. The Balaban J connectivity index is 1.96. The van der Waals surface area contributed by atoms with Gasteiger partial charge in [0.1, 0.15) is 28.9 Å². The van der Waals surface area contributed by atoms with Gasteiger partial charge in [-0.15, -0.1) is 0 Å². The molecule has 6 nitrogen and oxygen atoms in total. The molecule has 1 heterocycles. The van der Waals surface area contributed by atoms with E-state index in [1.807, 2.05) is 0 Å². The quantitative estimate of drug-likeness (QED) is 0.865. The van der Waals surface area contributed by atoms with Crippen LogP contribution in [0.5, 0.6) is 5.75 Å². The second kappa shape index (κ2) is 6.49. The van der Waals surface area contributed by atoms with Crippen molar-refractivity contribution in [1.29, 1.82) is 0 Å². The molecular weight excluding hydrogens is 378 g/mol. The third-order valence-electron chi connectivity index (χ3n) is 4.23. The highest BCUT2D eigenvalue weighted by atomic mass is 32.2. The van der Waals surface area contributed by atoms with Gasteiger partial charge in [-0.05, 0) is 44.2 Å². The first kappa shape index (κ1) is 19.1. The summed E-state index contributed by atoms with van der Waals surface area (Å²) in [4.78, 5) is 13.1. The fourth-order valence-electron chi connectivity index (χ4n) is 2.75. The maximum absolute atomic E-state index is 13.8. The van der Waals surface area contributed by atoms with Crippen LogP contribution < -0.4 is 14.4 Å². The monoisotopic (exact) mass is 396 g/mol. The van der Waals surface area contributed by atoms with Gasteiger partial charge in [0.2, 0.25) is 5.91 Å². The molecule has 0 atom stereocenters. The number of halogens is 2. The standard InChI is InChI=1S/C18H18F2N2O4S/c1-18(2)10-26-15-9-12(5-7-14(15)22(3)17(18)23)21-27(24,25)16-8-11(19)4-6-13(16)20/h4-9,21H,10H2,1-3H3. The summed E-state index contributed by atoms with van der Waals surface area (Å²) < 4.78 is 59.8. The van der Waals surface area contributed by atoms with Crippen LogP contribution in [0, 0.1) is 17.0 Å². The molecule has 0 radical (unpaired) electrons. The number of hydrogen-bond acceptors (Lipinski definition) is 4. The van der Waals surface area contributed by atoms with Crippen LogP contribution in [0.25, 0.3) is 0 Å². The fraction of sp³-hybridized carbons (Fsp3) is 0.278. The summed E-state index contributed by atoms with van der Waals surface area (Å²) in [5.41, 5.74) is -0.179. The summed E-state index contributed by atoms with van der Waals surface area (Å²) in [7, 11) is -2.75. The van der Waals surface area contributed by atoms with Crippen molar-refractivity contribution in [2.24, 2.45) is 5.41 Å². The van der Waals surface area contributed by atoms with Crippen LogP contribution in [0.3, 0.4) is 0 Å². The minimum Gasteiger partial charge on any atom is -0.490 e. The van der Waals surface area contributed by atoms with E-state index in [-0.39, 0.29) is 18.2 Å². The molecule has 0 unspecified atom stereocenters. The van der Waals surface area contributed by atoms with E-state index in [1.165, 1.54) is 23.1 Å². The van der Waals surface area contributed by atoms with Crippen molar-refractivity contribution in [3.8, 4) is 5.75 Å².